The molecule has 1 unspecified atom stereocenters. The monoisotopic (exact) mass is 667 g/mol. The highest BCUT2D eigenvalue weighted by Gasteiger charge is 2.31. The van der Waals surface area contributed by atoms with Crippen LogP contribution < -0.4 is 29.7 Å². The van der Waals surface area contributed by atoms with Gasteiger partial charge in [0.1, 0.15) is 34.8 Å². The summed E-state index contributed by atoms with van der Waals surface area (Å²) in [6, 6.07) is 9.16. The minimum absolute atomic E-state index is 0.0146. The highest BCUT2D eigenvalue weighted by atomic mass is 32.2. The lowest BCUT2D eigenvalue weighted by molar-refractivity contribution is -0.156. The van der Waals surface area contributed by atoms with Gasteiger partial charge in [0.25, 0.3) is 0 Å². The van der Waals surface area contributed by atoms with Crippen LogP contribution in [0.2, 0.25) is 0 Å². The van der Waals surface area contributed by atoms with Crippen LogP contribution in [0.5, 0.6) is 11.8 Å². The zero-order valence-electron chi connectivity index (χ0n) is 27.9. The van der Waals surface area contributed by atoms with Gasteiger partial charge in [-0.3, -0.25) is 4.79 Å². The number of aromatic nitrogens is 3. The average Bonchev–Trinajstić information content (AvgIpc) is 3.06. The van der Waals surface area contributed by atoms with Crippen LogP contribution in [-0.4, -0.2) is 81.4 Å². The molecule has 0 amide bonds. The number of nitrogens with zero attached hydrogens (tertiary/aromatic N) is 4. The van der Waals surface area contributed by atoms with Crippen LogP contribution in [0.15, 0.2) is 41.3 Å². The molecule has 0 aliphatic carbocycles. The quantitative estimate of drug-likeness (QED) is 0.253. The van der Waals surface area contributed by atoms with E-state index in [1.807, 2.05) is 6.92 Å². The van der Waals surface area contributed by atoms with E-state index in [0.717, 1.165) is 62.4 Å². The number of carbonyl (C=O) groups is 1. The number of aryl methyl sites for hydroxylation is 1. The molecule has 13 nitrogen and oxygen atoms in total. The summed E-state index contributed by atoms with van der Waals surface area (Å²) < 4.78 is 45.3. The van der Waals surface area contributed by atoms with Crippen LogP contribution in [-0.2, 0) is 26.0 Å². The largest absolute Gasteiger partial charge is 0.497 e. The maximum atomic E-state index is 13.3. The molecule has 0 spiro atoms. The third kappa shape index (κ3) is 8.41. The first-order valence-corrected chi connectivity index (χ1v) is 17.4. The smallest absolute Gasteiger partial charge is 0.326 e. The molecule has 2 aliphatic heterocycles. The van der Waals surface area contributed by atoms with E-state index in [1.54, 1.807) is 20.8 Å². The van der Waals surface area contributed by atoms with E-state index in [9.17, 15) is 13.2 Å². The van der Waals surface area contributed by atoms with Gasteiger partial charge in [-0.25, -0.2) is 13.4 Å². The van der Waals surface area contributed by atoms with Crippen molar-refractivity contribution in [2.75, 3.05) is 55.9 Å². The Hall–Kier alpha value is -4.17. The third-order valence-corrected chi connectivity index (χ3v) is 9.73. The second-order valence-corrected chi connectivity index (χ2v) is 14.5. The van der Waals surface area contributed by atoms with E-state index >= 15 is 0 Å². The Morgan fingerprint density at radius 1 is 1.04 bits per heavy atom. The molecular weight excluding hydrogens is 622 g/mol. The zero-order chi connectivity index (χ0) is 33.8. The van der Waals surface area contributed by atoms with Crippen LogP contribution in [0.4, 0.5) is 17.5 Å². The van der Waals surface area contributed by atoms with Gasteiger partial charge >= 0.3 is 12.0 Å². The maximum Gasteiger partial charge on any atom is 0.326 e. The molecule has 0 bridgehead atoms. The second kappa shape index (κ2) is 14.3. The van der Waals surface area contributed by atoms with Crippen molar-refractivity contribution >= 4 is 33.4 Å². The Kier molecular flexibility index (Phi) is 10.4. The predicted octanol–water partition coefficient (Wildman–Crippen LogP) is 4.04. The standard InChI is InChI=1S/C33H45N7O6S/c1-21-28(35-20-27(31(41)46-33(2,3)4)39-47(42,43)25-12-10-24(44-5)11-13-25)37-32(45-6)38-30(21)40-18-15-22(16-19-40)26-14-9-23-8-7-17-34-29(23)36-26/h9-14,22,27,39H,7-8,15-20H2,1-6H3,(H,34,36)(H,35,37,38). The van der Waals surface area contributed by atoms with Crippen LogP contribution in [0.25, 0.3) is 0 Å². The van der Waals surface area contributed by atoms with E-state index in [0.29, 0.717) is 23.3 Å². The lowest BCUT2D eigenvalue weighted by Crippen LogP contribution is -2.48. The van der Waals surface area contributed by atoms with Gasteiger partial charge in [-0.2, -0.15) is 14.7 Å². The van der Waals surface area contributed by atoms with Crippen molar-refractivity contribution in [1.29, 1.82) is 0 Å². The van der Waals surface area contributed by atoms with Crippen molar-refractivity contribution in [2.24, 2.45) is 0 Å². The number of methoxy groups -OCH3 is 2. The molecule has 3 N–H and O–H groups in total. The van der Waals surface area contributed by atoms with E-state index in [2.05, 4.69) is 42.4 Å². The number of carbonyl (C=O) groups excluding carboxylic acids is 1. The molecule has 1 saturated heterocycles. The number of sulfonamides is 1. The zero-order valence-corrected chi connectivity index (χ0v) is 28.7. The summed E-state index contributed by atoms with van der Waals surface area (Å²) >= 11 is 0. The first-order valence-electron chi connectivity index (χ1n) is 15.9. The molecule has 0 saturated carbocycles. The van der Waals surface area contributed by atoms with Crippen molar-refractivity contribution in [3.05, 3.63) is 53.2 Å². The minimum Gasteiger partial charge on any atom is -0.497 e. The fourth-order valence-corrected chi connectivity index (χ4v) is 6.95. The van der Waals surface area contributed by atoms with Crippen molar-refractivity contribution < 1.29 is 27.4 Å². The first kappa shape index (κ1) is 34.2. The van der Waals surface area contributed by atoms with Gasteiger partial charge in [0, 0.05) is 43.4 Å². The number of fused-ring (bicyclic) bond motifs is 1. The SMILES string of the molecule is COc1ccc(S(=O)(=O)NC(CNc2nc(OC)nc(N3CCC(c4ccc5c(n4)NCCC5)CC3)c2C)C(=O)OC(C)(C)C)cc1. The highest BCUT2D eigenvalue weighted by molar-refractivity contribution is 7.89. The molecular formula is C33H45N7O6S. The number of rotatable bonds is 11. The Balaban J connectivity index is 1.32. The third-order valence-electron chi connectivity index (χ3n) is 8.24. The number of nitrogens with one attached hydrogen (secondary N) is 3. The van der Waals surface area contributed by atoms with Crippen molar-refractivity contribution in [1.82, 2.24) is 19.7 Å². The van der Waals surface area contributed by atoms with E-state index in [1.165, 1.54) is 44.0 Å². The molecule has 2 aromatic heterocycles. The molecule has 0 radical (unpaired) electrons. The summed E-state index contributed by atoms with van der Waals surface area (Å²) in [7, 11) is -1.10. The topological polar surface area (TPSA) is 157 Å². The van der Waals surface area contributed by atoms with E-state index < -0.39 is 27.6 Å². The van der Waals surface area contributed by atoms with Gasteiger partial charge in [0.2, 0.25) is 10.0 Å². The van der Waals surface area contributed by atoms with Gasteiger partial charge < -0.3 is 29.7 Å². The first-order chi connectivity index (χ1) is 22.4. The molecule has 1 atom stereocenters. The van der Waals surface area contributed by atoms with Gasteiger partial charge in [-0.05, 0) is 89.3 Å². The van der Waals surface area contributed by atoms with Crippen molar-refractivity contribution in [2.45, 2.75) is 75.8 Å². The van der Waals surface area contributed by atoms with Crippen molar-refractivity contribution in [3.8, 4) is 11.8 Å². The normalized spacial score (nSPS) is 16.1. The summed E-state index contributed by atoms with van der Waals surface area (Å²) in [6.07, 6.45) is 4.01. The summed E-state index contributed by atoms with van der Waals surface area (Å²) in [5.74, 6) is 2.28. The lowest BCUT2D eigenvalue weighted by atomic mass is 9.92. The van der Waals surface area contributed by atoms with Crippen LogP contribution in [0.1, 0.15) is 62.8 Å². The van der Waals surface area contributed by atoms with Crippen LogP contribution >= 0.6 is 0 Å². The molecule has 254 valence electrons. The summed E-state index contributed by atoms with van der Waals surface area (Å²) in [6.45, 7) is 9.41. The number of anilines is 3. The van der Waals surface area contributed by atoms with Gasteiger partial charge in [-0.1, -0.05) is 6.07 Å². The van der Waals surface area contributed by atoms with Crippen LogP contribution in [0.3, 0.4) is 0 Å². The number of esters is 1. The fourth-order valence-electron chi connectivity index (χ4n) is 5.77. The molecule has 4 heterocycles. The Morgan fingerprint density at radius 3 is 2.43 bits per heavy atom. The molecule has 1 fully saturated rings. The van der Waals surface area contributed by atoms with Crippen molar-refractivity contribution in [3.63, 3.8) is 0 Å². The van der Waals surface area contributed by atoms with Gasteiger partial charge in [0.05, 0.1) is 19.1 Å². The number of hydrogen-bond donors (Lipinski definition) is 3. The minimum atomic E-state index is -4.09. The molecule has 3 aromatic rings. The molecule has 47 heavy (non-hydrogen) atoms. The van der Waals surface area contributed by atoms with Gasteiger partial charge in [0.15, 0.2) is 0 Å². The molecule has 14 heteroatoms. The molecule has 5 rings (SSSR count). The number of piperidine rings is 1. The Labute approximate surface area is 276 Å². The van der Waals surface area contributed by atoms with Gasteiger partial charge in [-0.15, -0.1) is 0 Å². The Bertz CT molecular complexity index is 1670. The lowest BCUT2D eigenvalue weighted by Gasteiger charge is -2.34. The fraction of sp³-hybridized carbons (Fsp3) is 0.515. The summed E-state index contributed by atoms with van der Waals surface area (Å²) in [5, 5.41) is 6.60. The molecule has 1 aromatic carbocycles. The number of hydrogen-bond acceptors (Lipinski definition) is 12. The molecule has 2 aliphatic rings. The highest BCUT2D eigenvalue weighted by Crippen LogP contribution is 2.34. The summed E-state index contributed by atoms with van der Waals surface area (Å²) in [4.78, 5) is 29.6. The number of ether oxygens (including phenoxy) is 3. The maximum absolute atomic E-state index is 13.3. The van der Waals surface area contributed by atoms with Crippen LogP contribution in [0, 0.1) is 6.92 Å². The van der Waals surface area contributed by atoms with E-state index in [4.69, 9.17) is 19.2 Å². The Morgan fingerprint density at radius 2 is 1.77 bits per heavy atom. The summed E-state index contributed by atoms with van der Waals surface area (Å²) in [5.41, 5.74) is 2.31. The number of benzene rings is 1. The second-order valence-electron chi connectivity index (χ2n) is 12.8. The number of pyridine rings is 1. The average molecular weight is 668 g/mol. The van der Waals surface area contributed by atoms with E-state index in [-0.39, 0.29) is 17.5 Å². The predicted molar refractivity (Wildman–Crippen MR) is 180 cm³/mol.